The largest absolute Gasteiger partial charge is 0.309 e. The highest BCUT2D eigenvalue weighted by Gasteiger charge is 2.19. The van der Waals surface area contributed by atoms with Crippen molar-refractivity contribution in [1.82, 2.24) is 10.3 Å². The number of nitriles is 1. The Morgan fingerprint density at radius 1 is 1.56 bits per heavy atom. The van der Waals surface area contributed by atoms with Crippen molar-refractivity contribution in [2.45, 2.75) is 38.1 Å². The second kappa shape index (κ2) is 5.62. The predicted octanol–water partition coefficient (Wildman–Crippen LogP) is 2.35. The molecule has 0 spiro atoms. The summed E-state index contributed by atoms with van der Waals surface area (Å²) in [5.74, 6) is 0. The van der Waals surface area contributed by atoms with E-state index in [4.69, 9.17) is 5.26 Å². The minimum absolute atomic E-state index is 0.392. The molecule has 0 aromatic carbocycles. The highest BCUT2D eigenvalue weighted by Crippen LogP contribution is 2.27. The zero-order valence-electron chi connectivity index (χ0n) is 9.45. The maximum Gasteiger partial charge on any atom is 0.0622 e. The molecule has 0 bridgehead atoms. The highest BCUT2D eigenvalue weighted by molar-refractivity contribution is 5.25. The van der Waals surface area contributed by atoms with Crippen LogP contribution in [0.1, 0.15) is 43.0 Å². The molecule has 1 N–H and O–H groups in total. The molecule has 0 saturated heterocycles. The molecule has 0 saturated carbocycles. The number of aromatic nitrogens is 1. The minimum Gasteiger partial charge on any atom is -0.309 e. The van der Waals surface area contributed by atoms with Crippen molar-refractivity contribution < 1.29 is 0 Å². The van der Waals surface area contributed by atoms with Crippen LogP contribution in [0.4, 0.5) is 0 Å². The standard InChI is InChI=1S/C13H17N3/c14-8-1-2-9-15-12-7-3-5-11-6-4-10-16-13(11)12/h4,6,10,12,15H,1-3,5,7,9H2. The van der Waals surface area contributed by atoms with Gasteiger partial charge in [-0.3, -0.25) is 4.98 Å². The van der Waals surface area contributed by atoms with Crippen molar-refractivity contribution in [3.8, 4) is 6.07 Å². The van der Waals surface area contributed by atoms with Crippen LogP contribution in [0.2, 0.25) is 0 Å². The van der Waals surface area contributed by atoms with E-state index in [-0.39, 0.29) is 0 Å². The lowest BCUT2D eigenvalue weighted by Gasteiger charge is -2.25. The van der Waals surface area contributed by atoms with E-state index in [1.54, 1.807) is 0 Å². The Morgan fingerprint density at radius 3 is 3.38 bits per heavy atom. The second-order valence-corrected chi connectivity index (χ2v) is 4.21. The molecule has 1 aromatic rings. The Balaban J connectivity index is 1.94. The molecular formula is C13H17N3. The van der Waals surface area contributed by atoms with Gasteiger partial charge in [0.2, 0.25) is 0 Å². The van der Waals surface area contributed by atoms with Crippen molar-refractivity contribution >= 4 is 0 Å². The number of aryl methyl sites for hydroxylation is 1. The van der Waals surface area contributed by atoms with Crippen molar-refractivity contribution in [3.05, 3.63) is 29.6 Å². The monoisotopic (exact) mass is 215 g/mol. The van der Waals surface area contributed by atoms with Gasteiger partial charge in [0, 0.05) is 18.7 Å². The van der Waals surface area contributed by atoms with Crippen LogP contribution in [0, 0.1) is 11.3 Å². The fourth-order valence-corrected chi connectivity index (χ4v) is 2.25. The van der Waals surface area contributed by atoms with Gasteiger partial charge in [-0.15, -0.1) is 0 Å². The molecule has 2 rings (SSSR count). The zero-order chi connectivity index (χ0) is 11.2. The van der Waals surface area contributed by atoms with Gasteiger partial charge in [-0.2, -0.15) is 5.26 Å². The van der Waals surface area contributed by atoms with Crippen molar-refractivity contribution in [2.75, 3.05) is 6.54 Å². The van der Waals surface area contributed by atoms with E-state index < -0.39 is 0 Å². The number of rotatable bonds is 4. The molecule has 1 unspecified atom stereocenters. The summed E-state index contributed by atoms with van der Waals surface area (Å²) in [5, 5.41) is 12.0. The molecule has 0 fully saturated rings. The third-order valence-electron chi connectivity index (χ3n) is 3.05. The van der Waals surface area contributed by atoms with Crippen LogP contribution in [0.25, 0.3) is 0 Å². The lowest BCUT2D eigenvalue weighted by molar-refractivity contribution is 0.446. The van der Waals surface area contributed by atoms with Crippen LogP contribution in [-0.2, 0) is 6.42 Å². The van der Waals surface area contributed by atoms with E-state index >= 15 is 0 Å². The summed E-state index contributed by atoms with van der Waals surface area (Å²) in [6.45, 7) is 0.911. The summed E-state index contributed by atoms with van der Waals surface area (Å²) in [5.41, 5.74) is 2.59. The van der Waals surface area contributed by atoms with E-state index in [0.29, 0.717) is 12.5 Å². The molecular weight excluding hydrogens is 198 g/mol. The average Bonchev–Trinajstić information content (AvgIpc) is 2.35. The second-order valence-electron chi connectivity index (χ2n) is 4.21. The molecule has 16 heavy (non-hydrogen) atoms. The molecule has 1 aliphatic carbocycles. The van der Waals surface area contributed by atoms with Crippen molar-refractivity contribution in [3.63, 3.8) is 0 Å². The number of hydrogen-bond acceptors (Lipinski definition) is 3. The van der Waals surface area contributed by atoms with Gasteiger partial charge in [-0.1, -0.05) is 6.07 Å². The summed E-state index contributed by atoms with van der Waals surface area (Å²) in [6.07, 6.45) is 6.97. The number of unbranched alkanes of at least 4 members (excludes halogenated alkanes) is 1. The van der Waals surface area contributed by atoms with Gasteiger partial charge in [0.25, 0.3) is 0 Å². The molecule has 84 valence electrons. The summed E-state index contributed by atoms with van der Waals surface area (Å²) in [6, 6.07) is 6.74. The number of nitrogens with zero attached hydrogens (tertiary/aromatic N) is 2. The van der Waals surface area contributed by atoms with E-state index in [1.807, 2.05) is 12.3 Å². The third-order valence-corrected chi connectivity index (χ3v) is 3.05. The molecule has 0 aliphatic heterocycles. The molecule has 3 heteroatoms. The van der Waals surface area contributed by atoms with Crippen LogP contribution in [0.5, 0.6) is 0 Å². The maximum atomic E-state index is 8.47. The van der Waals surface area contributed by atoms with E-state index in [9.17, 15) is 0 Å². The summed E-state index contributed by atoms with van der Waals surface area (Å²) < 4.78 is 0. The SMILES string of the molecule is N#CCCCNC1CCCc2cccnc21. The lowest BCUT2D eigenvalue weighted by Crippen LogP contribution is -2.27. The van der Waals surface area contributed by atoms with E-state index in [2.05, 4.69) is 22.4 Å². The molecule has 3 nitrogen and oxygen atoms in total. The quantitative estimate of drug-likeness (QED) is 0.784. The molecule has 0 radical (unpaired) electrons. The predicted molar refractivity (Wildman–Crippen MR) is 62.8 cm³/mol. The Morgan fingerprint density at radius 2 is 2.50 bits per heavy atom. The Kier molecular flexibility index (Phi) is 3.90. The molecule has 1 aromatic heterocycles. The number of pyridine rings is 1. The first kappa shape index (κ1) is 11.1. The van der Waals surface area contributed by atoms with Gasteiger partial charge in [-0.25, -0.2) is 0 Å². The molecule has 1 aliphatic rings. The zero-order valence-corrected chi connectivity index (χ0v) is 9.45. The van der Waals surface area contributed by atoms with Crippen molar-refractivity contribution in [2.24, 2.45) is 0 Å². The minimum atomic E-state index is 0.392. The summed E-state index contributed by atoms with van der Waals surface area (Å²) in [7, 11) is 0. The van der Waals surface area contributed by atoms with Gasteiger partial charge < -0.3 is 5.32 Å². The number of fused-ring (bicyclic) bond motifs is 1. The van der Waals surface area contributed by atoms with E-state index in [0.717, 1.165) is 25.8 Å². The van der Waals surface area contributed by atoms with Crippen LogP contribution < -0.4 is 5.32 Å². The Bertz CT molecular complexity index is 381. The van der Waals surface area contributed by atoms with Gasteiger partial charge in [-0.05, 0) is 43.9 Å². The van der Waals surface area contributed by atoms with Gasteiger partial charge in [0.15, 0.2) is 0 Å². The maximum absolute atomic E-state index is 8.47. The van der Waals surface area contributed by atoms with Gasteiger partial charge in [0.05, 0.1) is 11.8 Å². The topological polar surface area (TPSA) is 48.7 Å². The molecule has 1 heterocycles. The first-order chi connectivity index (χ1) is 7.92. The Hall–Kier alpha value is -1.40. The smallest absolute Gasteiger partial charge is 0.0622 e. The summed E-state index contributed by atoms with van der Waals surface area (Å²) in [4.78, 5) is 4.47. The van der Waals surface area contributed by atoms with Crippen LogP contribution >= 0.6 is 0 Å². The molecule has 1 atom stereocenters. The normalized spacial score (nSPS) is 18.8. The fraction of sp³-hybridized carbons (Fsp3) is 0.538. The van der Waals surface area contributed by atoms with Crippen LogP contribution in [-0.4, -0.2) is 11.5 Å². The van der Waals surface area contributed by atoms with Crippen LogP contribution in [0.15, 0.2) is 18.3 Å². The average molecular weight is 215 g/mol. The Labute approximate surface area is 96.5 Å². The summed E-state index contributed by atoms with van der Waals surface area (Å²) >= 11 is 0. The van der Waals surface area contributed by atoms with Crippen molar-refractivity contribution in [1.29, 1.82) is 5.26 Å². The van der Waals surface area contributed by atoms with Gasteiger partial charge >= 0.3 is 0 Å². The fourth-order valence-electron chi connectivity index (χ4n) is 2.25. The van der Waals surface area contributed by atoms with Gasteiger partial charge in [0.1, 0.15) is 0 Å². The van der Waals surface area contributed by atoms with E-state index in [1.165, 1.54) is 17.7 Å². The first-order valence-electron chi connectivity index (χ1n) is 5.96. The number of hydrogen-bond donors (Lipinski definition) is 1. The molecule has 0 amide bonds. The lowest BCUT2D eigenvalue weighted by atomic mass is 9.92. The third kappa shape index (κ3) is 2.59. The van der Waals surface area contributed by atoms with Crippen LogP contribution in [0.3, 0.4) is 0 Å². The number of nitrogens with one attached hydrogen (secondary N) is 1. The first-order valence-corrected chi connectivity index (χ1v) is 5.96. The highest BCUT2D eigenvalue weighted by atomic mass is 14.9.